The van der Waals surface area contributed by atoms with Crippen molar-refractivity contribution in [1.82, 2.24) is 0 Å². The van der Waals surface area contributed by atoms with E-state index < -0.39 is 0 Å². The molecule has 0 bridgehead atoms. The van der Waals surface area contributed by atoms with Gasteiger partial charge < -0.3 is 11.7 Å². The largest absolute Gasteiger partial charge is 0.469 e. The fourth-order valence-electron chi connectivity index (χ4n) is 0.246. The van der Waals surface area contributed by atoms with Crippen molar-refractivity contribution in [1.29, 1.82) is 0 Å². The van der Waals surface area contributed by atoms with Crippen LogP contribution in [0.3, 0.4) is 0 Å². The number of ether oxygens (including phenoxy) is 1. The summed E-state index contributed by atoms with van der Waals surface area (Å²) in [4.78, 5) is 10.1. The summed E-state index contributed by atoms with van der Waals surface area (Å²) in [5, 5.41) is 0. The Balaban J connectivity index is 0. The second kappa shape index (κ2) is 7.57. The van der Waals surface area contributed by atoms with Crippen molar-refractivity contribution in [2.45, 2.75) is 12.8 Å². The van der Waals surface area contributed by atoms with E-state index in [2.05, 4.69) is 11.7 Å². The van der Waals surface area contributed by atoms with E-state index in [1.807, 2.05) is 0 Å². The molecule has 0 saturated carbocycles. The molecule has 0 amide bonds. The number of carbonyl (C=O) groups is 1. The smallest absolute Gasteiger partial charge is 0.302 e. The third-order valence-corrected chi connectivity index (χ3v) is 0.609. The third-order valence-electron chi connectivity index (χ3n) is 0.609. The maximum Gasteiger partial charge on any atom is 0.302 e. The zero-order valence-electron chi connectivity index (χ0n) is 5.02. The van der Waals surface area contributed by atoms with Crippen LogP contribution < -0.4 is 0 Å². The molecule has 0 fully saturated rings. The summed E-state index contributed by atoms with van der Waals surface area (Å²) in [6, 6.07) is 0. The Morgan fingerprint density at radius 3 is 2.38 bits per heavy atom. The summed E-state index contributed by atoms with van der Waals surface area (Å²) >= 11 is 0. The van der Waals surface area contributed by atoms with Gasteiger partial charge >= 0.3 is 5.97 Å². The fraction of sp³-hybridized carbons (Fsp3) is 0.600. The van der Waals surface area contributed by atoms with Crippen molar-refractivity contribution in [3.8, 4) is 0 Å². The molecule has 3 heteroatoms. The van der Waals surface area contributed by atoms with Gasteiger partial charge in [-0.05, 0) is 0 Å². The summed E-state index contributed by atoms with van der Waals surface area (Å²) in [7, 11) is 1.37. The van der Waals surface area contributed by atoms with E-state index >= 15 is 0 Å². The van der Waals surface area contributed by atoms with Gasteiger partial charge in [0.1, 0.15) is 0 Å². The van der Waals surface area contributed by atoms with Gasteiger partial charge in [0.15, 0.2) is 0 Å². The van der Waals surface area contributed by atoms with Gasteiger partial charge in [-0.2, -0.15) is 6.42 Å². The third kappa shape index (κ3) is 6.57. The second-order valence-corrected chi connectivity index (χ2v) is 1.18. The summed E-state index contributed by atoms with van der Waals surface area (Å²) in [5.41, 5.74) is 0. The molecule has 0 aromatic carbocycles. The molecule has 0 heterocycles. The average Bonchev–Trinajstić information content (AvgIpc) is 1.68. The van der Waals surface area contributed by atoms with Crippen LogP contribution >= 0.6 is 0 Å². The Hall–Kier alpha value is 0.574. The van der Waals surface area contributed by atoms with Crippen molar-refractivity contribution in [2.24, 2.45) is 0 Å². The van der Waals surface area contributed by atoms with Gasteiger partial charge in [-0.15, -0.1) is 0 Å². The van der Waals surface area contributed by atoms with E-state index in [-0.39, 0.29) is 38.7 Å². The quantitative estimate of drug-likeness (QED) is 0.474. The Kier molecular flexibility index (Phi) is 10.8. The van der Waals surface area contributed by atoms with Crippen molar-refractivity contribution >= 4 is 5.97 Å². The molecule has 0 rings (SSSR count). The monoisotopic (exact) mass is 190 g/mol. The van der Waals surface area contributed by atoms with Crippen molar-refractivity contribution < 1.29 is 42.2 Å². The summed E-state index contributed by atoms with van der Waals surface area (Å²) in [6.45, 7) is 3.47. The Morgan fingerprint density at radius 2 is 2.25 bits per heavy atom. The first-order valence-electron chi connectivity index (χ1n) is 2.17. The number of methoxy groups -OCH3 is 1. The molecule has 8 heavy (non-hydrogen) atoms. The molecule has 0 aromatic heterocycles. The van der Waals surface area contributed by atoms with Gasteiger partial charge in [-0.1, -0.05) is 0 Å². The van der Waals surface area contributed by atoms with Gasteiger partial charge in [0.2, 0.25) is 0 Å². The predicted molar refractivity (Wildman–Crippen MR) is 26.6 cm³/mol. The molecule has 0 saturated heterocycles. The molecule has 1 radical (unpaired) electrons. The van der Waals surface area contributed by atoms with Gasteiger partial charge in [0.25, 0.3) is 0 Å². The van der Waals surface area contributed by atoms with Crippen LogP contribution in [0.1, 0.15) is 12.8 Å². The summed E-state index contributed by atoms with van der Waals surface area (Å²) in [6.07, 6.45) is 1.04. The van der Waals surface area contributed by atoms with E-state index in [1.165, 1.54) is 7.11 Å². The number of hydrogen-bond acceptors (Lipinski definition) is 2. The normalized spacial score (nSPS) is 7.25. The Morgan fingerprint density at radius 1 is 1.75 bits per heavy atom. The zero-order valence-corrected chi connectivity index (χ0v) is 7.85. The topological polar surface area (TPSA) is 26.3 Å². The van der Waals surface area contributed by atoms with Crippen LogP contribution in [0.15, 0.2) is 0 Å². The van der Waals surface area contributed by atoms with Crippen molar-refractivity contribution in [3.63, 3.8) is 0 Å². The summed E-state index contributed by atoms with van der Waals surface area (Å²) in [5.74, 6) is -0.185. The van der Waals surface area contributed by atoms with E-state index in [0.717, 1.165) is 0 Å². The number of carbonyl (C=O) groups excluding carboxylic acids is 1. The van der Waals surface area contributed by atoms with Crippen LogP contribution in [0, 0.1) is 6.92 Å². The molecule has 0 unspecified atom stereocenters. The molecule has 0 aliphatic carbocycles. The number of rotatable bonds is 2. The molecule has 0 N–H and O–H groups in total. The van der Waals surface area contributed by atoms with Crippen LogP contribution in [0.5, 0.6) is 0 Å². The minimum Gasteiger partial charge on any atom is -0.469 e. The van der Waals surface area contributed by atoms with Crippen LogP contribution in [-0.2, 0) is 42.2 Å². The van der Waals surface area contributed by atoms with E-state index in [4.69, 9.17) is 0 Å². The fourth-order valence-corrected chi connectivity index (χ4v) is 0.246. The first kappa shape index (κ1) is 11.4. The number of esters is 1. The molecule has 2 nitrogen and oxygen atoms in total. The minimum absolute atomic E-state index is 0. The van der Waals surface area contributed by atoms with E-state index in [0.29, 0.717) is 12.8 Å². The van der Waals surface area contributed by atoms with E-state index in [9.17, 15) is 4.79 Å². The maximum atomic E-state index is 10.1. The Labute approximate surface area is 74.9 Å². The first-order valence-corrected chi connectivity index (χ1v) is 2.17. The van der Waals surface area contributed by atoms with Crippen LogP contribution in [0.25, 0.3) is 0 Å². The molecule has 45 valence electrons. The van der Waals surface area contributed by atoms with Gasteiger partial charge in [-0.25, -0.2) is 0 Å². The SMILES string of the molecule is [CH2-]CCC(=O)OC.[Y]. The van der Waals surface area contributed by atoms with Crippen molar-refractivity contribution in [2.75, 3.05) is 7.11 Å². The van der Waals surface area contributed by atoms with Gasteiger partial charge in [0.05, 0.1) is 7.11 Å². The molecular weight excluding hydrogens is 181 g/mol. The predicted octanol–water partition coefficient (Wildman–Crippen LogP) is 0.771. The maximum absolute atomic E-state index is 10.1. The van der Waals surface area contributed by atoms with Gasteiger partial charge in [0, 0.05) is 39.1 Å². The van der Waals surface area contributed by atoms with Crippen LogP contribution in [0.4, 0.5) is 0 Å². The van der Waals surface area contributed by atoms with Crippen LogP contribution in [0.2, 0.25) is 0 Å². The average molecular weight is 190 g/mol. The van der Waals surface area contributed by atoms with Crippen molar-refractivity contribution in [3.05, 3.63) is 6.92 Å². The minimum atomic E-state index is -0.185. The van der Waals surface area contributed by atoms with Gasteiger partial charge in [-0.3, -0.25) is 4.79 Å². The molecule has 0 spiro atoms. The summed E-state index contributed by atoms with van der Waals surface area (Å²) < 4.78 is 4.31. The second-order valence-electron chi connectivity index (χ2n) is 1.18. The zero-order chi connectivity index (χ0) is 5.70. The van der Waals surface area contributed by atoms with Crippen LogP contribution in [-0.4, -0.2) is 13.1 Å². The molecular formula is C5H9O2Y-. The Bertz CT molecular complexity index is 63.4. The molecule has 0 aliphatic rings. The first-order chi connectivity index (χ1) is 3.31. The molecule has 0 aliphatic heterocycles. The number of hydrogen-bond donors (Lipinski definition) is 0. The standard InChI is InChI=1S/C5H9O2.Y/c1-3-4-5(6)7-2;/h1,3-4H2,2H3;/q-1;. The molecule has 0 atom stereocenters. The van der Waals surface area contributed by atoms with E-state index in [1.54, 1.807) is 0 Å². The molecule has 0 aromatic rings.